The van der Waals surface area contributed by atoms with Crippen LogP contribution in [0.2, 0.25) is 0 Å². The summed E-state index contributed by atoms with van der Waals surface area (Å²) in [5.41, 5.74) is 0.764. The van der Waals surface area contributed by atoms with Crippen molar-refractivity contribution >= 4 is 27.9 Å². The van der Waals surface area contributed by atoms with Gasteiger partial charge in [0, 0.05) is 58.5 Å². The zero-order valence-electron chi connectivity index (χ0n) is 27.8. The molecule has 1 heterocycles. The lowest BCUT2D eigenvalue weighted by atomic mass is 10.1. The van der Waals surface area contributed by atoms with Crippen LogP contribution in [0, 0.1) is 0 Å². The van der Waals surface area contributed by atoms with Gasteiger partial charge in [0.15, 0.2) is 0 Å². The first-order valence-corrected chi connectivity index (χ1v) is 17.9. The van der Waals surface area contributed by atoms with Crippen LogP contribution in [0.5, 0.6) is 0 Å². The highest BCUT2D eigenvalue weighted by Gasteiger charge is 2.39. The summed E-state index contributed by atoms with van der Waals surface area (Å²) in [6, 6.07) is 8.67. The molecule has 0 spiro atoms. The third-order valence-electron chi connectivity index (χ3n) is 7.53. The second-order valence-electron chi connectivity index (χ2n) is 11.1. The minimum atomic E-state index is -3.86. The van der Waals surface area contributed by atoms with E-state index in [2.05, 4.69) is 5.32 Å². The zero-order chi connectivity index (χ0) is 34.0. The first-order chi connectivity index (χ1) is 22.0. The number of hydrogen-bond donors (Lipinski definition) is 2. The number of carbonyl (C=O) groups excluding carboxylic acids is 3. The lowest BCUT2D eigenvalue weighted by Gasteiger charge is -2.44. The van der Waals surface area contributed by atoms with Gasteiger partial charge in [0.25, 0.3) is 0 Å². The van der Waals surface area contributed by atoms with Gasteiger partial charge in [0.2, 0.25) is 10.0 Å². The summed E-state index contributed by atoms with van der Waals surface area (Å²) in [5.74, 6) is -1.29. The van der Waals surface area contributed by atoms with Crippen LogP contribution in [0.25, 0.3) is 0 Å². The number of esters is 3. The van der Waals surface area contributed by atoms with E-state index in [0.29, 0.717) is 39.0 Å². The molecule has 1 aliphatic rings. The van der Waals surface area contributed by atoms with E-state index in [1.54, 1.807) is 25.7 Å². The lowest BCUT2D eigenvalue weighted by molar-refractivity contribution is -0.147. The van der Waals surface area contributed by atoms with Crippen molar-refractivity contribution in [2.45, 2.75) is 52.4 Å². The number of carbonyl (C=O) groups is 3. The highest BCUT2D eigenvalue weighted by atomic mass is 32.2. The minimum absolute atomic E-state index is 0.0228. The molecule has 0 saturated carbocycles. The quantitative estimate of drug-likeness (QED) is 0.181. The summed E-state index contributed by atoms with van der Waals surface area (Å²) in [6.07, 6.45) is 1.05. The van der Waals surface area contributed by atoms with E-state index in [1.165, 1.54) is 4.31 Å². The molecule has 14 nitrogen and oxygen atoms in total. The Morgan fingerprint density at radius 3 is 1.89 bits per heavy atom. The van der Waals surface area contributed by atoms with Crippen LogP contribution >= 0.6 is 0 Å². The summed E-state index contributed by atoms with van der Waals surface area (Å²) < 4.78 is 44.3. The van der Waals surface area contributed by atoms with Gasteiger partial charge in [-0.2, -0.15) is 4.31 Å². The van der Waals surface area contributed by atoms with Gasteiger partial charge in [-0.05, 0) is 39.2 Å². The first kappa shape index (κ1) is 39.5. The molecule has 262 valence electrons. The molecular weight excluding hydrogens is 618 g/mol. The fourth-order valence-electron chi connectivity index (χ4n) is 5.43. The van der Waals surface area contributed by atoms with E-state index in [4.69, 9.17) is 14.2 Å². The van der Waals surface area contributed by atoms with Crippen molar-refractivity contribution in [3.63, 3.8) is 0 Å². The molecule has 0 bridgehead atoms. The molecular formula is C31H53N5O9S. The zero-order valence-corrected chi connectivity index (χ0v) is 28.6. The molecule has 1 aromatic rings. The van der Waals surface area contributed by atoms with Crippen LogP contribution < -0.4 is 5.32 Å². The van der Waals surface area contributed by atoms with Crippen molar-refractivity contribution in [3.05, 3.63) is 35.9 Å². The molecule has 1 saturated heterocycles. The molecule has 2 N–H and O–H groups in total. The molecule has 0 radical (unpaired) electrons. The predicted molar refractivity (Wildman–Crippen MR) is 173 cm³/mol. The van der Waals surface area contributed by atoms with Crippen LogP contribution in [-0.2, 0) is 45.2 Å². The van der Waals surface area contributed by atoms with Crippen LogP contribution in [0.3, 0.4) is 0 Å². The smallest absolute Gasteiger partial charge is 0.320 e. The van der Waals surface area contributed by atoms with E-state index < -0.39 is 34.2 Å². The van der Waals surface area contributed by atoms with Crippen LogP contribution in [0.1, 0.15) is 39.2 Å². The Bertz CT molecular complexity index is 1160. The standard InChI is InChI=1S/C31H53N5O9S/c1-5-43-28(38)23-33-16-15-32-27(14-11-21-37)31(36(46(4,41)42)22-26-12-9-8-10-13-26)35(25-30(40)45-7-3)20-19-34(18-17-33)24-29(39)44-6-2/h8-10,12-13,27,31-32,37H,5-7,11,14-25H2,1-4H3. The maximum atomic E-state index is 13.6. The summed E-state index contributed by atoms with van der Waals surface area (Å²) in [6.45, 7) is 7.73. The lowest BCUT2D eigenvalue weighted by Crippen LogP contribution is -2.63. The number of hydrogen-bond acceptors (Lipinski definition) is 13. The number of nitrogens with zero attached hydrogens (tertiary/aromatic N) is 4. The number of aliphatic hydroxyl groups excluding tert-OH is 1. The Hall–Kier alpha value is -2.66. The van der Waals surface area contributed by atoms with Crippen molar-refractivity contribution in [1.29, 1.82) is 0 Å². The van der Waals surface area contributed by atoms with Gasteiger partial charge in [-0.1, -0.05) is 30.3 Å². The third kappa shape index (κ3) is 14.4. The van der Waals surface area contributed by atoms with E-state index >= 15 is 0 Å². The van der Waals surface area contributed by atoms with Gasteiger partial charge in [0.05, 0.1) is 51.9 Å². The van der Waals surface area contributed by atoms with E-state index in [-0.39, 0.29) is 71.7 Å². The van der Waals surface area contributed by atoms with Crippen molar-refractivity contribution in [2.24, 2.45) is 0 Å². The Balaban J connectivity index is 2.63. The fourth-order valence-corrected chi connectivity index (χ4v) is 6.49. The van der Waals surface area contributed by atoms with E-state index in [0.717, 1.165) is 11.8 Å². The molecule has 0 aromatic heterocycles. The normalized spacial score (nSPS) is 19.6. The molecule has 1 fully saturated rings. The molecule has 46 heavy (non-hydrogen) atoms. The molecule has 1 aliphatic heterocycles. The Labute approximate surface area is 274 Å². The average molecular weight is 672 g/mol. The number of aliphatic hydroxyl groups is 1. The number of rotatable bonds is 16. The minimum Gasteiger partial charge on any atom is -0.465 e. The van der Waals surface area contributed by atoms with Gasteiger partial charge < -0.3 is 24.6 Å². The van der Waals surface area contributed by atoms with Crippen LogP contribution in [-0.4, -0.2) is 154 Å². The highest BCUT2D eigenvalue weighted by molar-refractivity contribution is 7.88. The summed E-state index contributed by atoms with van der Waals surface area (Å²) >= 11 is 0. The van der Waals surface area contributed by atoms with Gasteiger partial charge in [0.1, 0.15) is 0 Å². The molecule has 1 aromatic carbocycles. The van der Waals surface area contributed by atoms with E-state index in [1.807, 2.05) is 40.1 Å². The Morgan fingerprint density at radius 2 is 1.37 bits per heavy atom. The summed E-state index contributed by atoms with van der Waals surface area (Å²) in [7, 11) is -3.86. The van der Waals surface area contributed by atoms with Crippen LogP contribution in [0.15, 0.2) is 30.3 Å². The maximum Gasteiger partial charge on any atom is 0.320 e. The molecule has 15 heteroatoms. The van der Waals surface area contributed by atoms with E-state index in [9.17, 15) is 27.9 Å². The van der Waals surface area contributed by atoms with Crippen molar-refractivity contribution in [3.8, 4) is 0 Å². The Morgan fingerprint density at radius 1 is 0.848 bits per heavy atom. The van der Waals surface area contributed by atoms with Gasteiger partial charge >= 0.3 is 17.9 Å². The SMILES string of the molecule is CCOC(=O)CN1CCNC(CCCO)C(N(Cc2ccccc2)S(C)(=O)=O)N(CC(=O)OCC)CCN(CC(=O)OCC)CC1. The second-order valence-corrected chi connectivity index (χ2v) is 13.0. The fraction of sp³-hybridized carbons (Fsp3) is 0.710. The highest BCUT2D eigenvalue weighted by Crippen LogP contribution is 2.22. The number of benzene rings is 1. The summed E-state index contributed by atoms with van der Waals surface area (Å²) in [4.78, 5) is 43.6. The molecule has 2 atom stereocenters. The number of nitrogens with one attached hydrogen (secondary N) is 1. The average Bonchev–Trinajstić information content (AvgIpc) is 2.99. The monoisotopic (exact) mass is 671 g/mol. The molecule has 0 amide bonds. The van der Waals surface area contributed by atoms with Crippen molar-refractivity contribution in [2.75, 3.05) is 91.6 Å². The molecule has 2 unspecified atom stereocenters. The van der Waals surface area contributed by atoms with Crippen molar-refractivity contribution < 1.29 is 42.1 Å². The van der Waals surface area contributed by atoms with Gasteiger partial charge in [-0.15, -0.1) is 0 Å². The predicted octanol–water partition coefficient (Wildman–Crippen LogP) is 0.114. The number of sulfonamides is 1. The Kier molecular flexibility index (Phi) is 18.3. The summed E-state index contributed by atoms with van der Waals surface area (Å²) in [5, 5.41) is 13.3. The third-order valence-corrected chi connectivity index (χ3v) is 8.73. The molecule has 2 rings (SSSR count). The maximum absolute atomic E-state index is 13.6. The topological polar surface area (TPSA) is 158 Å². The van der Waals surface area contributed by atoms with Crippen LogP contribution in [0.4, 0.5) is 0 Å². The number of ether oxygens (including phenoxy) is 3. The second kappa shape index (κ2) is 21.3. The largest absolute Gasteiger partial charge is 0.465 e. The van der Waals surface area contributed by atoms with Gasteiger partial charge in [-0.3, -0.25) is 29.1 Å². The first-order valence-electron chi connectivity index (χ1n) is 16.0. The van der Waals surface area contributed by atoms with Crippen molar-refractivity contribution in [1.82, 2.24) is 24.3 Å². The van der Waals surface area contributed by atoms with Gasteiger partial charge in [-0.25, -0.2) is 8.42 Å². The molecule has 0 aliphatic carbocycles.